The van der Waals surface area contributed by atoms with Crippen LogP contribution in [0.15, 0.2) is 24.3 Å². The van der Waals surface area contributed by atoms with E-state index in [2.05, 4.69) is 5.32 Å². The Kier molecular flexibility index (Phi) is 7.59. The Hall–Kier alpha value is -2.04. The van der Waals surface area contributed by atoms with Crippen molar-refractivity contribution in [2.45, 2.75) is 44.9 Å². The molecule has 0 bridgehead atoms. The van der Waals surface area contributed by atoms with E-state index in [0.29, 0.717) is 18.9 Å². The molecule has 0 unspecified atom stereocenters. The zero-order chi connectivity index (χ0) is 17.2. The van der Waals surface area contributed by atoms with Crippen molar-refractivity contribution in [3.63, 3.8) is 0 Å². The Labute approximate surface area is 143 Å². The monoisotopic (exact) mass is 333 g/mol. The molecule has 0 spiro atoms. The molecule has 2 rings (SSSR count). The van der Waals surface area contributed by atoms with Crippen molar-refractivity contribution >= 4 is 11.9 Å². The van der Waals surface area contributed by atoms with Crippen molar-refractivity contribution in [3.8, 4) is 5.75 Å². The Morgan fingerprint density at radius 2 is 1.83 bits per heavy atom. The van der Waals surface area contributed by atoms with Crippen molar-refractivity contribution in [2.75, 3.05) is 20.3 Å². The van der Waals surface area contributed by atoms with E-state index in [4.69, 9.17) is 9.47 Å². The molecule has 0 atom stereocenters. The first-order valence-electron chi connectivity index (χ1n) is 8.72. The number of amides is 1. The van der Waals surface area contributed by atoms with Crippen LogP contribution in [-0.2, 0) is 20.7 Å². The van der Waals surface area contributed by atoms with Crippen molar-refractivity contribution < 1.29 is 19.1 Å². The number of ether oxygens (including phenoxy) is 2. The second kappa shape index (κ2) is 9.96. The third-order valence-electron chi connectivity index (χ3n) is 4.44. The number of carbonyl (C=O) groups excluding carboxylic acids is 2. The van der Waals surface area contributed by atoms with Crippen molar-refractivity contribution in [1.29, 1.82) is 0 Å². The third-order valence-corrected chi connectivity index (χ3v) is 4.44. The summed E-state index contributed by atoms with van der Waals surface area (Å²) >= 11 is 0. The second-order valence-corrected chi connectivity index (χ2v) is 6.32. The van der Waals surface area contributed by atoms with Gasteiger partial charge in [-0.15, -0.1) is 0 Å². The van der Waals surface area contributed by atoms with Gasteiger partial charge in [-0.1, -0.05) is 31.4 Å². The Morgan fingerprint density at radius 3 is 2.50 bits per heavy atom. The fourth-order valence-corrected chi connectivity index (χ4v) is 3.02. The minimum atomic E-state index is -0.257. The maximum absolute atomic E-state index is 11.8. The normalized spacial score (nSPS) is 14.9. The van der Waals surface area contributed by atoms with Gasteiger partial charge in [-0.2, -0.15) is 0 Å². The highest BCUT2D eigenvalue weighted by Gasteiger charge is 2.18. The molecule has 0 saturated heterocycles. The summed E-state index contributed by atoms with van der Waals surface area (Å²) in [6.45, 7) is 0.333. The second-order valence-electron chi connectivity index (χ2n) is 6.32. The van der Waals surface area contributed by atoms with Crippen molar-refractivity contribution in [1.82, 2.24) is 5.32 Å². The Bertz CT molecular complexity index is 521. The van der Waals surface area contributed by atoms with Crippen LogP contribution in [0.5, 0.6) is 5.75 Å². The van der Waals surface area contributed by atoms with E-state index in [1.807, 2.05) is 24.3 Å². The zero-order valence-electron chi connectivity index (χ0n) is 14.4. The first-order chi connectivity index (χ1) is 11.7. The van der Waals surface area contributed by atoms with E-state index in [9.17, 15) is 9.59 Å². The highest BCUT2D eigenvalue weighted by Crippen LogP contribution is 2.26. The molecule has 0 aliphatic heterocycles. The molecule has 5 nitrogen and oxygen atoms in total. The highest BCUT2D eigenvalue weighted by atomic mass is 16.5. The van der Waals surface area contributed by atoms with Gasteiger partial charge in [-0.05, 0) is 42.9 Å². The number of methoxy groups -OCH3 is 1. The minimum absolute atomic E-state index is 0.186. The van der Waals surface area contributed by atoms with Crippen LogP contribution < -0.4 is 10.1 Å². The lowest BCUT2D eigenvalue weighted by Gasteiger charge is -2.20. The van der Waals surface area contributed by atoms with E-state index in [0.717, 1.165) is 30.6 Å². The number of hydrogen-bond acceptors (Lipinski definition) is 4. The quantitative estimate of drug-likeness (QED) is 0.743. The van der Waals surface area contributed by atoms with Crippen LogP contribution in [0.3, 0.4) is 0 Å². The highest BCUT2D eigenvalue weighted by molar-refractivity contribution is 5.80. The van der Waals surface area contributed by atoms with Crippen LogP contribution >= 0.6 is 0 Å². The molecule has 0 heterocycles. The number of hydrogen-bond donors (Lipinski definition) is 1. The van der Waals surface area contributed by atoms with E-state index < -0.39 is 0 Å². The predicted molar refractivity (Wildman–Crippen MR) is 91.9 cm³/mol. The molecule has 1 amide bonds. The van der Waals surface area contributed by atoms with E-state index in [1.165, 1.54) is 19.3 Å². The molecule has 0 aromatic heterocycles. The fraction of sp³-hybridized carbons (Fsp3) is 0.579. The maximum atomic E-state index is 11.8. The number of rotatable bonds is 8. The van der Waals surface area contributed by atoms with Gasteiger partial charge in [0, 0.05) is 13.0 Å². The molecule has 0 radical (unpaired) electrons. The molecule has 1 aliphatic carbocycles. The number of carbonyl (C=O) groups is 2. The molecule has 132 valence electrons. The van der Waals surface area contributed by atoms with Gasteiger partial charge in [0.1, 0.15) is 5.75 Å². The van der Waals surface area contributed by atoms with Crippen LogP contribution in [0.25, 0.3) is 0 Å². The van der Waals surface area contributed by atoms with E-state index >= 15 is 0 Å². The topological polar surface area (TPSA) is 64.6 Å². The average Bonchev–Trinajstić information content (AvgIpc) is 2.61. The molecular weight excluding hydrogens is 306 g/mol. The lowest BCUT2D eigenvalue weighted by atomic mass is 9.87. The summed E-state index contributed by atoms with van der Waals surface area (Å²) in [7, 11) is 1.63. The number of esters is 1. The number of nitrogens with one attached hydrogen (secondary N) is 1. The van der Waals surface area contributed by atoms with Gasteiger partial charge < -0.3 is 14.8 Å². The minimum Gasteiger partial charge on any atom is -0.497 e. The van der Waals surface area contributed by atoms with Gasteiger partial charge in [0.2, 0.25) is 0 Å². The largest absolute Gasteiger partial charge is 0.497 e. The summed E-state index contributed by atoms with van der Waals surface area (Å²) in [5, 5.41) is 2.77. The molecule has 5 heteroatoms. The van der Waals surface area contributed by atoms with Gasteiger partial charge in [-0.3, -0.25) is 9.59 Å². The standard InChI is InChI=1S/C19H27NO4/c1-23-17-9-7-15(8-10-17)11-12-20-18(21)14-24-19(22)13-16-5-3-2-4-6-16/h7-10,16H,2-6,11-14H2,1H3,(H,20,21). The Morgan fingerprint density at radius 1 is 1.12 bits per heavy atom. The van der Waals surface area contributed by atoms with Crippen LogP contribution in [0.4, 0.5) is 0 Å². The lowest BCUT2D eigenvalue weighted by Crippen LogP contribution is -2.30. The molecule has 1 aromatic rings. The first-order valence-corrected chi connectivity index (χ1v) is 8.72. The molecule has 1 aliphatic rings. The summed E-state index contributed by atoms with van der Waals surface area (Å²) in [5.74, 6) is 0.741. The third kappa shape index (κ3) is 6.60. The summed E-state index contributed by atoms with van der Waals surface area (Å²) in [6, 6.07) is 7.72. The van der Waals surface area contributed by atoms with Gasteiger partial charge in [0.15, 0.2) is 6.61 Å². The van der Waals surface area contributed by atoms with Crippen molar-refractivity contribution in [2.24, 2.45) is 5.92 Å². The Balaban J connectivity index is 1.57. The summed E-state index contributed by atoms with van der Waals surface area (Å²) in [5.41, 5.74) is 1.12. The molecule has 24 heavy (non-hydrogen) atoms. The molecule has 1 saturated carbocycles. The molecule has 1 N–H and O–H groups in total. The summed E-state index contributed by atoms with van der Waals surface area (Å²) in [4.78, 5) is 23.5. The predicted octanol–water partition coefficient (Wildman–Crippen LogP) is 2.87. The van der Waals surface area contributed by atoms with Crippen LogP contribution in [0.1, 0.15) is 44.1 Å². The molecular formula is C19H27NO4. The SMILES string of the molecule is COc1ccc(CCNC(=O)COC(=O)CC2CCCCC2)cc1. The van der Waals surface area contributed by atoms with E-state index in [1.54, 1.807) is 7.11 Å². The molecule has 1 aromatic carbocycles. The summed E-state index contributed by atoms with van der Waals surface area (Å²) < 4.78 is 10.2. The van der Waals surface area contributed by atoms with Crippen molar-refractivity contribution in [3.05, 3.63) is 29.8 Å². The summed E-state index contributed by atoms with van der Waals surface area (Å²) in [6.07, 6.45) is 7.03. The van der Waals surface area contributed by atoms with Gasteiger partial charge in [0.25, 0.3) is 5.91 Å². The van der Waals surface area contributed by atoms with Crippen LogP contribution in [-0.4, -0.2) is 32.1 Å². The molecule has 1 fully saturated rings. The zero-order valence-corrected chi connectivity index (χ0v) is 14.4. The average molecular weight is 333 g/mol. The first kappa shape index (κ1) is 18.3. The maximum Gasteiger partial charge on any atom is 0.306 e. The van der Waals surface area contributed by atoms with Gasteiger partial charge in [-0.25, -0.2) is 0 Å². The van der Waals surface area contributed by atoms with E-state index in [-0.39, 0.29) is 18.5 Å². The lowest BCUT2D eigenvalue weighted by molar-refractivity contribution is -0.149. The van der Waals surface area contributed by atoms with Crippen LogP contribution in [0.2, 0.25) is 0 Å². The fourth-order valence-electron chi connectivity index (χ4n) is 3.02. The smallest absolute Gasteiger partial charge is 0.306 e. The number of benzene rings is 1. The van der Waals surface area contributed by atoms with Gasteiger partial charge in [0.05, 0.1) is 7.11 Å². The van der Waals surface area contributed by atoms with Gasteiger partial charge >= 0.3 is 5.97 Å². The van der Waals surface area contributed by atoms with Crippen LogP contribution in [0, 0.1) is 5.92 Å².